The first-order chi connectivity index (χ1) is 9.20. The Morgan fingerprint density at radius 3 is 2.79 bits per heavy atom. The predicted molar refractivity (Wildman–Crippen MR) is 84.0 cm³/mol. The van der Waals surface area contributed by atoms with E-state index in [1.165, 1.54) is 0 Å². The van der Waals surface area contributed by atoms with Crippen LogP contribution in [0.5, 0.6) is 5.75 Å². The molecular formula is C15H13BrClNO. The van der Waals surface area contributed by atoms with E-state index in [1.54, 1.807) is 6.21 Å². The van der Waals surface area contributed by atoms with Gasteiger partial charge >= 0.3 is 0 Å². The minimum atomic E-state index is 0.634. The molecule has 0 heterocycles. The maximum atomic E-state index is 6.03. The number of nitrogens with zero attached hydrogens (tertiary/aromatic N) is 1. The zero-order valence-electron chi connectivity index (χ0n) is 10.4. The smallest absolute Gasteiger partial charge is 0.128 e. The van der Waals surface area contributed by atoms with Crippen LogP contribution in [0.1, 0.15) is 12.5 Å². The van der Waals surface area contributed by atoms with Gasteiger partial charge in [-0.05, 0) is 53.2 Å². The van der Waals surface area contributed by atoms with Gasteiger partial charge in [0.25, 0.3) is 0 Å². The van der Waals surface area contributed by atoms with Crippen molar-refractivity contribution in [3.63, 3.8) is 0 Å². The minimum absolute atomic E-state index is 0.634. The van der Waals surface area contributed by atoms with E-state index in [4.69, 9.17) is 16.3 Å². The number of para-hydroxylation sites is 1. The van der Waals surface area contributed by atoms with Crippen molar-refractivity contribution in [2.45, 2.75) is 6.92 Å². The summed E-state index contributed by atoms with van der Waals surface area (Å²) in [4.78, 5) is 4.41. The molecular weight excluding hydrogens is 326 g/mol. The van der Waals surface area contributed by atoms with Crippen LogP contribution in [0.25, 0.3) is 0 Å². The van der Waals surface area contributed by atoms with E-state index < -0.39 is 0 Å². The number of benzene rings is 2. The Bertz CT molecular complexity index is 598. The molecule has 0 unspecified atom stereocenters. The van der Waals surface area contributed by atoms with E-state index in [-0.39, 0.29) is 0 Å². The van der Waals surface area contributed by atoms with Crippen LogP contribution >= 0.6 is 27.5 Å². The van der Waals surface area contributed by atoms with Crippen LogP contribution < -0.4 is 4.74 Å². The van der Waals surface area contributed by atoms with Crippen molar-refractivity contribution in [3.05, 3.63) is 57.5 Å². The van der Waals surface area contributed by atoms with Crippen LogP contribution in [0, 0.1) is 0 Å². The molecule has 2 nitrogen and oxygen atoms in total. The molecule has 4 heteroatoms. The lowest BCUT2D eigenvalue weighted by molar-refractivity contribution is 0.340. The molecule has 0 saturated carbocycles. The number of hydrogen-bond donors (Lipinski definition) is 0. The van der Waals surface area contributed by atoms with Crippen LogP contribution in [0.3, 0.4) is 0 Å². The summed E-state index contributed by atoms with van der Waals surface area (Å²) in [5, 5.41) is 0.646. The normalized spacial score (nSPS) is 10.9. The summed E-state index contributed by atoms with van der Waals surface area (Å²) >= 11 is 9.38. The molecule has 0 saturated heterocycles. The average Bonchev–Trinajstić information content (AvgIpc) is 2.42. The van der Waals surface area contributed by atoms with Crippen molar-refractivity contribution >= 4 is 39.4 Å². The highest BCUT2D eigenvalue weighted by Crippen LogP contribution is 2.27. The van der Waals surface area contributed by atoms with Crippen LogP contribution in [0.2, 0.25) is 5.02 Å². The quantitative estimate of drug-likeness (QED) is 0.698. The van der Waals surface area contributed by atoms with Crippen molar-refractivity contribution in [1.82, 2.24) is 0 Å². The lowest BCUT2D eigenvalue weighted by Gasteiger charge is -2.05. The molecule has 0 bridgehead atoms. The maximum absolute atomic E-state index is 6.03. The Hall–Kier alpha value is -1.32. The number of hydrogen-bond acceptors (Lipinski definition) is 2. The largest absolute Gasteiger partial charge is 0.493 e. The molecule has 0 aliphatic heterocycles. The van der Waals surface area contributed by atoms with Crippen molar-refractivity contribution in [3.8, 4) is 5.75 Å². The van der Waals surface area contributed by atoms with Crippen LogP contribution in [-0.4, -0.2) is 12.8 Å². The number of halogens is 2. The fraction of sp³-hybridized carbons (Fsp3) is 0.133. The average molecular weight is 339 g/mol. The van der Waals surface area contributed by atoms with Gasteiger partial charge in [-0.15, -0.1) is 0 Å². The van der Waals surface area contributed by atoms with Gasteiger partial charge in [0, 0.05) is 16.3 Å². The minimum Gasteiger partial charge on any atom is -0.493 e. The number of ether oxygens (including phenoxy) is 1. The fourth-order valence-corrected chi connectivity index (χ4v) is 2.00. The zero-order chi connectivity index (χ0) is 13.7. The van der Waals surface area contributed by atoms with Gasteiger partial charge in [-0.2, -0.15) is 0 Å². The molecule has 98 valence electrons. The lowest BCUT2D eigenvalue weighted by Crippen LogP contribution is -1.95. The first-order valence-electron chi connectivity index (χ1n) is 5.91. The highest BCUT2D eigenvalue weighted by molar-refractivity contribution is 9.10. The van der Waals surface area contributed by atoms with E-state index >= 15 is 0 Å². The molecule has 2 aromatic carbocycles. The van der Waals surface area contributed by atoms with Gasteiger partial charge in [0.05, 0.1) is 17.3 Å². The predicted octanol–water partition coefficient (Wildman–Crippen LogP) is 5.25. The van der Waals surface area contributed by atoms with Crippen molar-refractivity contribution in [2.75, 3.05) is 6.61 Å². The van der Waals surface area contributed by atoms with Crippen molar-refractivity contribution in [2.24, 2.45) is 4.99 Å². The van der Waals surface area contributed by atoms with Gasteiger partial charge in [-0.1, -0.05) is 23.7 Å². The Morgan fingerprint density at radius 1 is 1.26 bits per heavy atom. The van der Waals surface area contributed by atoms with E-state index in [0.717, 1.165) is 21.5 Å². The van der Waals surface area contributed by atoms with Gasteiger partial charge in [-0.3, -0.25) is 4.99 Å². The highest BCUT2D eigenvalue weighted by Gasteiger charge is 2.00. The van der Waals surface area contributed by atoms with E-state index in [1.807, 2.05) is 49.4 Å². The third kappa shape index (κ3) is 3.82. The van der Waals surface area contributed by atoms with Gasteiger partial charge in [-0.25, -0.2) is 0 Å². The summed E-state index contributed by atoms with van der Waals surface area (Å²) in [7, 11) is 0. The summed E-state index contributed by atoms with van der Waals surface area (Å²) in [6.45, 7) is 2.59. The molecule has 0 N–H and O–H groups in total. The summed E-state index contributed by atoms with van der Waals surface area (Å²) in [6.07, 6.45) is 1.78. The van der Waals surface area contributed by atoms with E-state index in [2.05, 4.69) is 20.9 Å². The molecule has 2 aromatic rings. The van der Waals surface area contributed by atoms with Crippen molar-refractivity contribution < 1.29 is 4.74 Å². The molecule has 0 aliphatic rings. The molecule has 0 aromatic heterocycles. The van der Waals surface area contributed by atoms with Crippen molar-refractivity contribution in [1.29, 1.82) is 0 Å². The van der Waals surface area contributed by atoms with E-state index in [0.29, 0.717) is 11.6 Å². The first-order valence-corrected chi connectivity index (χ1v) is 7.08. The Labute approximate surface area is 126 Å². The summed E-state index contributed by atoms with van der Waals surface area (Å²) < 4.78 is 6.41. The standard InChI is InChI=1S/C15H13BrClNO/c1-2-19-15-6-4-3-5-11(15)10-18-12-7-8-13(16)14(17)9-12/h3-10H,2H2,1H3. The summed E-state index contributed by atoms with van der Waals surface area (Å²) in [5.74, 6) is 0.831. The molecule has 2 rings (SSSR count). The van der Waals surface area contributed by atoms with Crippen LogP contribution in [0.4, 0.5) is 5.69 Å². The maximum Gasteiger partial charge on any atom is 0.128 e. The van der Waals surface area contributed by atoms with Gasteiger partial charge in [0.15, 0.2) is 0 Å². The fourth-order valence-electron chi connectivity index (χ4n) is 1.58. The molecule has 0 aliphatic carbocycles. The molecule has 19 heavy (non-hydrogen) atoms. The molecule has 0 radical (unpaired) electrons. The number of rotatable bonds is 4. The second-order valence-electron chi connectivity index (χ2n) is 3.83. The Morgan fingerprint density at radius 2 is 2.05 bits per heavy atom. The Kier molecular flexibility index (Phi) is 5.00. The lowest BCUT2D eigenvalue weighted by atomic mass is 10.2. The monoisotopic (exact) mass is 337 g/mol. The highest BCUT2D eigenvalue weighted by atomic mass is 79.9. The third-order valence-corrected chi connectivity index (χ3v) is 3.71. The molecule has 0 spiro atoms. The third-order valence-electron chi connectivity index (χ3n) is 2.47. The second kappa shape index (κ2) is 6.73. The van der Waals surface area contributed by atoms with Gasteiger partial charge < -0.3 is 4.74 Å². The van der Waals surface area contributed by atoms with Gasteiger partial charge in [0.2, 0.25) is 0 Å². The van der Waals surface area contributed by atoms with Gasteiger partial charge in [0.1, 0.15) is 5.75 Å². The molecule has 0 fully saturated rings. The topological polar surface area (TPSA) is 21.6 Å². The summed E-state index contributed by atoms with van der Waals surface area (Å²) in [5.41, 5.74) is 1.75. The Balaban J connectivity index is 2.24. The zero-order valence-corrected chi connectivity index (χ0v) is 12.8. The molecule has 0 amide bonds. The molecule has 0 atom stereocenters. The van der Waals surface area contributed by atoms with E-state index in [9.17, 15) is 0 Å². The van der Waals surface area contributed by atoms with Crippen LogP contribution in [0.15, 0.2) is 51.9 Å². The first kappa shape index (κ1) is 14.1. The second-order valence-corrected chi connectivity index (χ2v) is 5.09. The summed E-state index contributed by atoms with van der Waals surface area (Å²) in [6, 6.07) is 13.4. The SMILES string of the molecule is CCOc1ccccc1C=Nc1ccc(Br)c(Cl)c1. The number of aliphatic imine (C=N–C) groups is 1. The van der Waals surface area contributed by atoms with Crippen LogP contribution in [-0.2, 0) is 0 Å².